The number of hydrogen-bond donors (Lipinski definition) is 4. The fraction of sp³-hybridized carbons (Fsp3) is 0.480. The molecule has 0 aliphatic carbocycles. The number of methoxy groups -OCH3 is 1. The SMILES string of the molecule is COC(=O)Nc1ccc2c(c1)N[C@@H](C(=O)N1CC(C)(O)C1)CCCCC[C@H](N)c1cc-2ccn1. The van der Waals surface area contributed by atoms with E-state index in [2.05, 4.69) is 15.6 Å². The zero-order valence-corrected chi connectivity index (χ0v) is 19.7. The minimum atomic E-state index is -0.835. The van der Waals surface area contributed by atoms with Crippen LogP contribution in [-0.4, -0.2) is 58.8 Å². The number of amides is 2. The van der Waals surface area contributed by atoms with Gasteiger partial charge in [-0.05, 0) is 49.6 Å². The Kier molecular flexibility index (Phi) is 7.04. The molecule has 0 spiro atoms. The van der Waals surface area contributed by atoms with E-state index >= 15 is 0 Å². The largest absolute Gasteiger partial charge is 0.453 e. The van der Waals surface area contributed by atoms with Crippen molar-refractivity contribution in [2.75, 3.05) is 30.8 Å². The molecular formula is C25H33N5O4. The molecule has 2 atom stereocenters. The second kappa shape index (κ2) is 9.99. The van der Waals surface area contributed by atoms with Crippen LogP contribution in [0.1, 0.15) is 50.8 Å². The third-order valence-corrected chi connectivity index (χ3v) is 6.43. The van der Waals surface area contributed by atoms with E-state index in [1.807, 2.05) is 18.2 Å². The molecule has 3 heterocycles. The molecule has 2 aromatic rings. The molecule has 1 saturated heterocycles. The number of ether oxygens (including phenoxy) is 1. The number of likely N-dealkylation sites (tertiary alicyclic amines) is 1. The Hall–Kier alpha value is -3.17. The number of aliphatic hydroxyl groups is 1. The van der Waals surface area contributed by atoms with Crippen molar-refractivity contribution in [3.63, 3.8) is 0 Å². The van der Waals surface area contributed by atoms with E-state index in [-0.39, 0.29) is 11.9 Å². The smallest absolute Gasteiger partial charge is 0.411 e. The Balaban J connectivity index is 1.71. The van der Waals surface area contributed by atoms with Gasteiger partial charge < -0.3 is 25.8 Å². The van der Waals surface area contributed by atoms with Gasteiger partial charge in [-0.15, -0.1) is 0 Å². The van der Waals surface area contributed by atoms with Gasteiger partial charge >= 0.3 is 6.09 Å². The zero-order valence-electron chi connectivity index (χ0n) is 19.7. The third kappa shape index (κ3) is 5.48. The molecule has 9 heteroatoms. The maximum atomic E-state index is 13.3. The van der Waals surface area contributed by atoms with Gasteiger partial charge in [0.2, 0.25) is 5.91 Å². The van der Waals surface area contributed by atoms with Crippen molar-refractivity contribution in [3.05, 3.63) is 42.2 Å². The molecule has 4 rings (SSSR count). The average molecular weight is 468 g/mol. The normalized spacial score (nSPS) is 21.9. The van der Waals surface area contributed by atoms with E-state index in [1.54, 1.807) is 30.2 Å². The molecule has 34 heavy (non-hydrogen) atoms. The first-order valence-electron chi connectivity index (χ1n) is 11.7. The van der Waals surface area contributed by atoms with Gasteiger partial charge in [-0.1, -0.05) is 25.3 Å². The molecule has 0 radical (unpaired) electrons. The van der Waals surface area contributed by atoms with Crippen LogP contribution < -0.4 is 16.4 Å². The number of anilines is 2. The van der Waals surface area contributed by atoms with Crippen LogP contribution in [-0.2, 0) is 9.53 Å². The number of nitrogens with two attached hydrogens (primary N) is 1. The minimum Gasteiger partial charge on any atom is -0.453 e. The van der Waals surface area contributed by atoms with Crippen LogP contribution in [0.4, 0.5) is 16.2 Å². The van der Waals surface area contributed by atoms with E-state index in [4.69, 9.17) is 10.5 Å². The van der Waals surface area contributed by atoms with Crippen molar-refractivity contribution in [1.82, 2.24) is 9.88 Å². The van der Waals surface area contributed by atoms with E-state index in [1.165, 1.54) is 7.11 Å². The van der Waals surface area contributed by atoms with Gasteiger partial charge in [-0.3, -0.25) is 15.1 Å². The summed E-state index contributed by atoms with van der Waals surface area (Å²) in [5, 5.41) is 16.3. The summed E-state index contributed by atoms with van der Waals surface area (Å²) in [4.78, 5) is 31.3. The summed E-state index contributed by atoms with van der Waals surface area (Å²) >= 11 is 0. The highest BCUT2D eigenvalue weighted by Gasteiger charge is 2.41. The maximum Gasteiger partial charge on any atom is 0.411 e. The van der Waals surface area contributed by atoms with Gasteiger partial charge in [0.1, 0.15) is 6.04 Å². The van der Waals surface area contributed by atoms with E-state index < -0.39 is 17.7 Å². The summed E-state index contributed by atoms with van der Waals surface area (Å²) in [6, 6.07) is 8.77. The fourth-order valence-corrected chi connectivity index (χ4v) is 4.62. The first-order chi connectivity index (χ1) is 16.3. The second-order valence-electron chi connectivity index (χ2n) is 9.48. The Morgan fingerprint density at radius 1 is 1.21 bits per heavy atom. The van der Waals surface area contributed by atoms with Gasteiger partial charge in [-0.2, -0.15) is 0 Å². The van der Waals surface area contributed by atoms with Gasteiger partial charge in [0.15, 0.2) is 0 Å². The summed E-state index contributed by atoms with van der Waals surface area (Å²) in [7, 11) is 1.31. The number of pyridine rings is 1. The van der Waals surface area contributed by atoms with Crippen LogP contribution in [0.2, 0.25) is 0 Å². The molecule has 2 amide bonds. The standard InChI is InChI=1S/C25H33N5O4/c1-25(33)14-30(15-25)23(31)20-7-5-3-4-6-19(26)22-12-16(10-11-27-22)18-9-8-17(13-21(18)29-20)28-24(32)34-2/h8-13,19-20,29,33H,3-7,14-15,26H2,1-2H3,(H,28,32)/t19-,20+/m0/s1. The first kappa shape index (κ1) is 24.0. The molecule has 0 saturated carbocycles. The number of benzene rings is 1. The number of fused-ring (bicyclic) bond motifs is 4. The van der Waals surface area contributed by atoms with Crippen LogP contribution in [0.3, 0.4) is 0 Å². The minimum absolute atomic E-state index is 0.0363. The van der Waals surface area contributed by atoms with Gasteiger partial charge in [0, 0.05) is 29.2 Å². The monoisotopic (exact) mass is 467 g/mol. The van der Waals surface area contributed by atoms with E-state index in [0.717, 1.165) is 42.5 Å². The Morgan fingerprint density at radius 3 is 2.71 bits per heavy atom. The third-order valence-electron chi connectivity index (χ3n) is 6.43. The van der Waals surface area contributed by atoms with Crippen molar-refractivity contribution in [3.8, 4) is 11.1 Å². The molecule has 0 unspecified atom stereocenters. The van der Waals surface area contributed by atoms with Gasteiger partial charge in [0.05, 0.1) is 31.5 Å². The molecule has 9 nitrogen and oxygen atoms in total. The second-order valence-corrected chi connectivity index (χ2v) is 9.48. The van der Waals surface area contributed by atoms with Crippen LogP contribution in [0.15, 0.2) is 36.5 Å². The Labute approximate surface area is 199 Å². The molecule has 182 valence electrons. The first-order valence-corrected chi connectivity index (χ1v) is 11.7. The summed E-state index contributed by atoms with van der Waals surface area (Å²) in [6.45, 7) is 2.38. The quantitative estimate of drug-likeness (QED) is 0.533. The van der Waals surface area contributed by atoms with Crippen LogP contribution >= 0.6 is 0 Å². The predicted octanol–water partition coefficient (Wildman–Crippen LogP) is 3.26. The highest BCUT2D eigenvalue weighted by molar-refractivity contribution is 5.91. The van der Waals surface area contributed by atoms with Crippen molar-refractivity contribution in [2.24, 2.45) is 5.73 Å². The van der Waals surface area contributed by atoms with Crippen LogP contribution in [0.5, 0.6) is 0 Å². The fourth-order valence-electron chi connectivity index (χ4n) is 4.62. The molecule has 2 aliphatic heterocycles. The van der Waals surface area contributed by atoms with Crippen LogP contribution in [0, 0.1) is 0 Å². The predicted molar refractivity (Wildman–Crippen MR) is 130 cm³/mol. The highest BCUT2D eigenvalue weighted by atomic mass is 16.5. The molecule has 1 fully saturated rings. The number of rotatable bonds is 2. The molecule has 2 aliphatic rings. The number of hydrogen-bond acceptors (Lipinski definition) is 7. The lowest BCUT2D eigenvalue weighted by atomic mass is 9.94. The molecule has 2 bridgehead atoms. The van der Waals surface area contributed by atoms with Crippen molar-refractivity contribution in [1.29, 1.82) is 0 Å². The lowest BCUT2D eigenvalue weighted by Gasteiger charge is -2.45. The van der Waals surface area contributed by atoms with Gasteiger partial charge in [0.25, 0.3) is 0 Å². The topological polar surface area (TPSA) is 130 Å². The van der Waals surface area contributed by atoms with Crippen molar-refractivity contribution >= 4 is 23.4 Å². The lowest BCUT2D eigenvalue weighted by molar-refractivity contribution is -0.153. The van der Waals surface area contributed by atoms with Crippen molar-refractivity contribution < 1.29 is 19.4 Å². The van der Waals surface area contributed by atoms with Gasteiger partial charge in [-0.25, -0.2) is 4.79 Å². The number of nitrogens with one attached hydrogen (secondary N) is 2. The number of carbonyl (C=O) groups is 2. The number of β-amino-alcohol motifs (C(OH)–C–C–N with tert-alkyl or cyclic N) is 1. The van der Waals surface area contributed by atoms with E-state index in [0.29, 0.717) is 30.9 Å². The maximum absolute atomic E-state index is 13.3. The summed E-state index contributed by atoms with van der Waals surface area (Å²) < 4.78 is 4.73. The Morgan fingerprint density at radius 2 is 1.97 bits per heavy atom. The summed E-state index contributed by atoms with van der Waals surface area (Å²) in [5.41, 5.74) is 9.46. The Bertz CT molecular complexity index is 1050. The highest BCUT2D eigenvalue weighted by Crippen LogP contribution is 2.34. The molecule has 1 aromatic carbocycles. The molecule has 5 N–H and O–H groups in total. The summed E-state index contributed by atoms with van der Waals surface area (Å²) in [6.07, 6.45) is 5.42. The zero-order chi connectivity index (χ0) is 24.3. The molecular weight excluding hydrogens is 434 g/mol. The average Bonchev–Trinajstić information content (AvgIpc) is 2.81. The van der Waals surface area contributed by atoms with Crippen LogP contribution in [0.25, 0.3) is 11.1 Å². The number of nitrogens with zero attached hydrogens (tertiary/aromatic N) is 2. The van der Waals surface area contributed by atoms with E-state index in [9.17, 15) is 14.7 Å². The lowest BCUT2D eigenvalue weighted by Crippen LogP contribution is -2.64. The number of carbonyl (C=O) groups excluding carboxylic acids is 2. The number of aromatic nitrogens is 1. The summed E-state index contributed by atoms with van der Waals surface area (Å²) in [5.74, 6) is -0.0363. The van der Waals surface area contributed by atoms with Crippen molar-refractivity contribution in [2.45, 2.75) is 56.7 Å². The molecule has 1 aromatic heterocycles.